The van der Waals surface area contributed by atoms with Gasteiger partial charge in [0, 0.05) is 36.4 Å². The topological polar surface area (TPSA) is 88.2 Å². The molecule has 1 fully saturated rings. The van der Waals surface area contributed by atoms with Gasteiger partial charge in [0.05, 0.1) is 4.88 Å². The van der Waals surface area contributed by atoms with E-state index in [1.807, 2.05) is 17.5 Å². The molecule has 3 aromatic rings. The monoisotopic (exact) mass is 489 g/mol. The van der Waals surface area contributed by atoms with E-state index < -0.39 is 30.3 Å². The zero-order valence-electron chi connectivity index (χ0n) is 17.5. The van der Waals surface area contributed by atoms with Gasteiger partial charge in [-0.05, 0) is 59.0 Å². The van der Waals surface area contributed by atoms with Gasteiger partial charge in [-0.2, -0.15) is 0 Å². The number of nitrogens with one attached hydrogen (secondary N) is 2. The Bertz CT molecular complexity index is 1170. The van der Waals surface area contributed by atoms with Crippen molar-refractivity contribution < 1.29 is 18.3 Å². The normalized spacial score (nSPS) is 16.7. The molecular weight excluding hydrogens is 468 g/mol. The van der Waals surface area contributed by atoms with Gasteiger partial charge in [-0.3, -0.25) is 10.2 Å². The molecular formula is C24H22ClF2N3O2S. The summed E-state index contributed by atoms with van der Waals surface area (Å²) in [5.74, 6) is -2.91. The molecule has 0 bridgehead atoms. The Kier molecular flexibility index (Phi) is 6.41. The molecule has 4 N–H and O–H groups in total. The van der Waals surface area contributed by atoms with E-state index in [4.69, 9.17) is 27.5 Å². The quantitative estimate of drug-likeness (QED) is 0.279. The number of benzene rings is 2. The summed E-state index contributed by atoms with van der Waals surface area (Å²) in [5.41, 5.74) is 6.35. The second-order valence-electron chi connectivity index (χ2n) is 8.05. The van der Waals surface area contributed by atoms with Gasteiger partial charge < -0.3 is 15.8 Å². The first-order chi connectivity index (χ1) is 15.7. The van der Waals surface area contributed by atoms with Crippen LogP contribution in [-0.2, 0) is 4.79 Å². The Morgan fingerprint density at radius 1 is 1.06 bits per heavy atom. The van der Waals surface area contributed by atoms with E-state index in [-0.39, 0.29) is 18.7 Å². The number of amidine groups is 1. The number of ether oxygens (including phenoxy) is 1. The smallest absolute Gasteiger partial charge is 0.268 e. The molecule has 4 rings (SSSR count). The molecule has 9 heteroatoms. The van der Waals surface area contributed by atoms with Crippen molar-refractivity contribution in [1.82, 2.24) is 0 Å². The van der Waals surface area contributed by atoms with Gasteiger partial charge in [0.2, 0.25) is 5.92 Å². The van der Waals surface area contributed by atoms with Gasteiger partial charge in [-0.25, -0.2) is 8.78 Å². The summed E-state index contributed by atoms with van der Waals surface area (Å²) in [6.45, 7) is 0. The number of nitrogen functional groups attached to an aromatic ring is 1. The summed E-state index contributed by atoms with van der Waals surface area (Å²) < 4.78 is 33.8. The summed E-state index contributed by atoms with van der Waals surface area (Å²) in [7, 11) is 0. The number of alkyl halides is 2. The summed E-state index contributed by atoms with van der Waals surface area (Å²) in [6, 6.07) is 15.5. The fourth-order valence-corrected chi connectivity index (χ4v) is 4.68. The van der Waals surface area contributed by atoms with Crippen LogP contribution in [0.25, 0.3) is 11.1 Å². The molecule has 0 saturated heterocycles. The van der Waals surface area contributed by atoms with Crippen LogP contribution in [0.5, 0.6) is 5.75 Å². The number of amides is 1. The van der Waals surface area contributed by atoms with E-state index in [0.29, 0.717) is 21.3 Å². The van der Waals surface area contributed by atoms with Gasteiger partial charge in [0.15, 0.2) is 5.60 Å². The van der Waals surface area contributed by atoms with Crippen molar-refractivity contribution in [2.45, 2.75) is 37.2 Å². The molecule has 1 amide bonds. The summed E-state index contributed by atoms with van der Waals surface area (Å²) in [5, 5.41) is 12.8. The second kappa shape index (κ2) is 9.11. The molecule has 5 nitrogen and oxygen atoms in total. The second-order valence-corrected chi connectivity index (χ2v) is 9.40. The molecule has 0 unspecified atom stereocenters. The van der Waals surface area contributed by atoms with Crippen LogP contribution in [0.1, 0.15) is 30.6 Å². The third-order valence-electron chi connectivity index (χ3n) is 5.65. The number of halogens is 3. The van der Waals surface area contributed by atoms with Gasteiger partial charge in [-0.1, -0.05) is 23.7 Å². The zero-order chi connectivity index (χ0) is 23.6. The number of thiophene rings is 1. The van der Waals surface area contributed by atoms with Crippen molar-refractivity contribution in [2.24, 2.45) is 5.73 Å². The molecule has 1 aromatic heterocycles. The maximum absolute atomic E-state index is 13.9. The molecule has 33 heavy (non-hydrogen) atoms. The van der Waals surface area contributed by atoms with Crippen molar-refractivity contribution in [3.63, 3.8) is 0 Å². The van der Waals surface area contributed by atoms with E-state index >= 15 is 0 Å². The number of anilines is 1. The van der Waals surface area contributed by atoms with Crippen LogP contribution in [-0.4, -0.2) is 23.3 Å². The Morgan fingerprint density at radius 2 is 1.76 bits per heavy atom. The Morgan fingerprint density at radius 3 is 2.39 bits per heavy atom. The van der Waals surface area contributed by atoms with Gasteiger partial charge in [-0.15, -0.1) is 11.3 Å². The molecule has 2 aromatic carbocycles. The van der Waals surface area contributed by atoms with Crippen LogP contribution in [0.4, 0.5) is 14.5 Å². The van der Waals surface area contributed by atoms with Gasteiger partial charge in [0.1, 0.15) is 11.6 Å². The van der Waals surface area contributed by atoms with Crippen molar-refractivity contribution in [1.29, 1.82) is 5.41 Å². The van der Waals surface area contributed by atoms with E-state index in [1.165, 1.54) is 11.3 Å². The van der Waals surface area contributed by atoms with Gasteiger partial charge in [0.25, 0.3) is 5.91 Å². The van der Waals surface area contributed by atoms with Crippen molar-refractivity contribution in [2.75, 3.05) is 5.32 Å². The molecule has 172 valence electrons. The lowest BCUT2D eigenvalue weighted by Gasteiger charge is -2.38. The largest absolute Gasteiger partial charge is 0.477 e. The highest BCUT2D eigenvalue weighted by Gasteiger charge is 2.49. The first-order valence-corrected chi connectivity index (χ1v) is 11.6. The minimum absolute atomic E-state index is 0.00824. The minimum Gasteiger partial charge on any atom is -0.477 e. The van der Waals surface area contributed by atoms with Gasteiger partial charge >= 0.3 is 0 Å². The average molecular weight is 490 g/mol. The number of nitrogens with two attached hydrogens (primary N) is 1. The first kappa shape index (κ1) is 23.2. The number of hydrogen-bond donors (Lipinski definition) is 3. The third-order valence-corrected chi connectivity index (χ3v) is 6.86. The number of carbonyl (C=O) groups is 1. The van der Waals surface area contributed by atoms with Crippen LogP contribution < -0.4 is 15.8 Å². The van der Waals surface area contributed by atoms with E-state index in [0.717, 1.165) is 11.1 Å². The molecule has 0 spiro atoms. The lowest BCUT2D eigenvalue weighted by Crippen LogP contribution is -2.52. The lowest BCUT2D eigenvalue weighted by atomic mass is 9.81. The first-order valence-electron chi connectivity index (χ1n) is 10.3. The Labute approximate surface area is 199 Å². The highest BCUT2D eigenvalue weighted by molar-refractivity contribution is 7.12. The molecule has 1 aliphatic rings. The van der Waals surface area contributed by atoms with Crippen LogP contribution in [0.15, 0.2) is 60.0 Å². The maximum Gasteiger partial charge on any atom is 0.268 e. The fourth-order valence-electron chi connectivity index (χ4n) is 3.77. The van der Waals surface area contributed by atoms with Crippen LogP contribution in [0.3, 0.4) is 0 Å². The van der Waals surface area contributed by atoms with Crippen molar-refractivity contribution in [3.05, 3.63) is 69.9 Å². The maximum atomic E-state index is 13.9. The number of hydrogen-bond acceptors (Lipinski definition) is 4. The van der Waals surface area contributed by atoms with Crippen molar-refractivity contribution >= 4 is 40.4 Å². The highest BCUT2D eigenvalue weighted by Crippen LogP contribution is 2.42. The zero-order valence-corrected chi connectivity index (χ0v) is 19.1. The Balaban J connectivity index is 1.58. The van der Waals surface area contributed by atoms with E-state index in [1.54, 1.807) is 42.5 Å². The molecule has 0 aliphatic heterocycles. The molecule has 0 atom stereocenters. The number of rotatable bonds is 6. The SMILES string of the molecule is N=C(N)c1cc(-c2cccc(NC(=O)C3(Oc4ccc(Cl)cc4)CCC(F)(F)CC3)c2)cs1. The predicted molar refractivity (Wildman–Crippen MR) is 128 cm³/mol. The fraction of sp³-hybridized carbons (Fsp3) is 0.250. The summed E-state index contributed by atoms with van der Waals surface area (Å²) >= 11 is 7.29. The summed E-state index contributed by atoms with van der Waals surface area (Å²) in [4.78, 5) is 14.0. The molecule has 1 saturated carbocycles. The standard InChI is InChI=1S/C24H22ClF2N3O2S/c25-17-4-6-19(7-5-17)32-23(8-10-24(26,27)11-9-23)22(31)30-18-3-1-2-15(12-18)16-13-20(21(28)29)33-14-16/h1-7,12-14H,8-11H2,(H3,28,29)(H,30,31). The number of carbonyl (C=O) groups excluding carboxylic acids is 1. The van der Waals surface area contributed by atoms with E-state index in [2.05, 4.69) is 5.32 Å². The van der Waals surface area contributed by atoms with Crippen LogP contribution in [0.2, 0.25) is 5.02 Å². The van der Waals surface area contributed by atoms with Crippen LogP contribution in [0, 0.1) is 5.41 Å². The van der Waals surface area contributed by atoms with Crippen molar-refractivity contribution in [3.8, 4) is 16.9 Å². The third kappa shape index (κ3) is 5.34. The lowest BCUT2D eigenvalue weighted by molar-refractivity contribution is -0.143. The minimum atomic E-state index is -2.82. The molecule has 0 radical (unpaired) electrons. The predicted octanol–water partition coefficient (Wildman–Crippen LogP) is 6.32. The highest BCUT2D eigenvalue weighted by atomic mass is 35.5. The van der Waals surface area contributed by atoms with E-state index in [9.17, 15) is 13.6 Å². The average Bonchev–Trinajstić information content (AvgIpc) is 3.28. The Hall–Kier alpha value is -2.97. The molecule has 1 heterocycles. The van der Waals surface area contributed by atoms with Crippen LogP contribution >= 0.6 is 22.9 Å². The summed E-state index contributed by atoms with van der Waals surface area (Å²) in [6.07, 6.45) is -1.09. The molecule has 1 aliphatic carbocycles.